The van der Waals surface area contributed by atoms with Gasteiger partial charge in [0.05, 0.1) is 6.61 Å². The molecule has 68 valence electrons. The van der Waals surface area contributed by atoms with E-state index in [0.717, 1.165) is 12.5 Å². The topological polar surface area (TPSA) is 23.5 Å². The third kappa shape index (κ3) is 1.02. The van der Waals surface area contributed by atoms with E-state index >= 15 is 0 Å². The Morgan fingerprint density at radius 3 is 2.92 bits per heavy atom. The lowest BCUT2D eigenvalue weighted by molar-refractivity contribution is 0.0440. The maximum Gasteiger partial charge on any atom is 0.0615 e. The summed E-state index contributed by atoms with van der Waals surface area (Å²) < 4.78 is 0. The first-order valence-electron chi connectivity index (χ1n) is 4.78. The largest absolute Gasteiger partial charge is 0.394 e. The molecule has 0 atom stereocenters. The predicted octanol–water partition coefficient (Wildman–Crippen LogP) is 1.02. The third-order valence-electron chi connectivity index (χ3n) is 3.34. The van der Waals surface area contributed by atoms with Crippen LogP contribution >= 0.6 is 0 Å². The van der Waals surface area contributed by atoms with E-state index in [4.69, 9.17) is 0 Å². The zero-order valence-electron chi connectivity index (χ0n) is 7.66. The summed E-state index contributed by atoms with van der Waals surface area (Å²) >= 11 is 0. The van der Waals surface area contributed by atoms with Crippen LogP contribution in [0.3, 0.4) is 0 Å². The van der Waals surface area contributed by atoms with E-state index in [0.29, 0.717) is 6.61 Å². The zero-order chi connectivity index (χ0) is 8.60. The molecule has 3 rings (SSSR count). The van der Waals surface area contributed by atoms with Gasteiger partial charge in [-0.1, -0.05) is 12.2 Å². The summed E-state index contributed by atoms with van der Waals surface area (Å²) in [5, 5.41) is 9.27. The highest BCUT2D eigenvalue weighted by Gasteiger charge is 2.54. The fraction of sp³-hybridized carbons (Fsp3) is 0.800. The molecule has 0 aromatic carbocycles. The van der Waals surface area contributed by atoms with Crippen molar-refractivity contribution in [3.63, 3.8) is 0 Å². The monoisotopic (exact) mass is 167 g/mol. The summed E-state index contributed by atoms with van der Waals surface area (Å²) in [5.41, 5.74) is 0.185. The van der Waals surface area contributed by atoms with E-state index < -0.39 is 0 Å². The summed E-state index contributed by atoms with van der Waals surface area (Å²) in [6, 6.07) is 0. The maximum absolute atomic E-state index is 9.27. The summed E-state index contributed by atoms with van der Waals surface area (Å²) in [6.07, 6.45) is 6.71. The van der Waals surface area contributed by atoms with Crippen molar-refractivity contribution in [1.82, 2.24) is 4.90 Å². The molecule has 2 saturated heterocycles. The lowest BCUT2D eigenvalue weighted by Gasteiger charge is -2.40. The molecule has 0 spiro atoms. The molecular weight excluding hydrogens is 150 g/mol. The average Bonchev–Trinajstić information content (AvgIpc) is 2.52. The fourth-order valence-corrected chi connectivity index (χ4v) is 2.64. The van der Waals surface area contributed by atoms with Gasteiger partial charge in [0.1, 0.15) is 0 Å². The number of fused-ring (bicyclic) bond motifs is 1. The van der Waals surface area contributed by atoms with Crippen LogP contribution in [0, 0.1) is 5.92 Å². The Bertz CT molecular complexity index is 194. The molecule has 1 aliphatic carbocycles. The molecule has 0 radical (unpaired) electrons. The van der Waals surface area contributed by atoms with E-state index in [9.17, 15) is 5.11 Å². The summed E-state index contributed by atoms with van der Waals surface area (Å²) in [5.74, 6) is 0.877. The maximum atomic E-state index is 9.27. The van der Waals surface area contributed by atoms with Gasteiger partial charge in [0.15, 0.2) is 0 Å². The first-order valence-corrected chi connectivity index (χ1v) is 4.78. The molecule has 2 bridgehead atoms. The van der Waals surface area contributed by atoms with Gasteiger partial charge >= 0.3 is 0 Å². The van der Waals surface area contributed by atoms with E-state index in [-0.39, 0.29) is 5.54 Å². The second-order valence-corrected chi connectivity index (χ2v) is 4.13. The van der Waals surface area contributed by atoms with Gasteiger partial charge in [-0.05, 0) is 25.7 Å². The Morgan fingerprint density at radius 1 is 1.58 bits per heavy atom. The molecule has 0 amide bonds. The van der Waals surface area contributed by atoms with Crippen molar-refractivity contribution in [1.29, 1.82) is 0 Å². The molecule has 2 nitrogen and oxygen atoms in total. The number of hydrogen-bond donors (Lipinski definition) is 1. The third-order valence-corrected chi connectivity index (χ3v) is 3.34. The van der Waals surface area contributed by atoms with Crippen molar-refractivity contribution in [2.45, 2.75) is 25.3 Å². The fourth-order valence-electron chi connectivity index (χ4n) is 2.64. The Hall–Kier alpha value is -0.340. The summed E-state index contributed by atoms with van der Waals surface area (Å²) in [6.45, 7) is 4.62. The molecule has 12 heavy (non-hydrogen) atoms. The van der Waals surface area contributed by atoms with Crippen LogP contribution in [-0.2, 0) is 0 Å². The van der Waals surface area contributed by atoms with Crippen LogP contribution in [0.5, 0.6) is 0 Å². The number of rotatable bonds is 3. The molecule has 3 fully saturated rings. The van der Waals surface area contributed by atoms with Crippen LogP contribution in [-0.4, -0.2) is 35.2 Å². The van der Waals surface area contributed by atoms with Gasteiger partial charge in [-0.15, -0.1) is 0 Å². The molecule has 2 heterocycles. The van der Waals surface area contributed by atoms with Crippen LogP contribution in [0.15, 0.2) is 12.2 Å². The molecule has 3 aliphatic rings. The zero-order valence-corrected chi connectivity index (χ0v) is 7.66. The average molecular weight is 167 g/mol. The van der Waals surface area contributed by atoms with Crippen molar-refractivity contribution in [3.8, 4) is 0 Å². The van der Waals surface area contributed by atoms with Gasteiger partial charge in [0, 0.05) is 18.6 Å². The lowest BCUT2D eigenvalue weighted by Crippen LogP contribution is -2.49. The van der Waals surface area contributed by atoms with Crippen LogP contribution in [0.1, 0.15) is 19.8 Å². The van der Waals surface area contributed by atoms with Crippen molar-refractivity contribution >= 4 is 0 Å². The van der Waals surface area contributed by atoms with Gasteiger partial charge in [0.25, 0.3) is 0 Å². The molecule has 1 N–H and O–H groups in total. The number of nitrogens with zero attached hydrogens (tertiary/aromatic N) is 1. The highest BCUT2D eigenvalue weighted by atomic mass is 16.3. The molecule has 0 aromatic heterocycles. The normalized spacial score (nSPS) is 40.7. The minimum atomic E-state index is 0.185. The number of hydrogen-bond acceptors (Lipinski definition) is 2. The van der Waals surface area contributed by atoms with Crippen molar-refractivity contribution in [2.75, 3.05) is 19.7 Å². The first kappa shape index (κ1) is 8.27. The van der Waals surface area contributed by atoms with Crippen LogP contribution in [0.25, 0.3) is 0 Å². The predicted molar refractivity (Wildman–Crippen MR) is 48.9 cm³/mol. The highest BCUT2D eigenvalue weighted by molar-refractivity contribution is 5.11. The second-order valence-electron chi connectivity index (χ2n) is 4.13. The quantitative estimate of drug-likeness (QED) is 0.634. The second kappa shape index (κ2) is 2.86. The molecule has 2 aliphatic heterocycles. The Morgan fingerprint density at radius 2 is 2.33 bits per heavy atom. The van der Waals surface area contributed by atoms with Crippen LogP contribution in [0.2, 0.25) is 0 Å². The van der Waals surface area contributed by atoms with E-state index in [1.807, 2.05) is 6.92 Å². The SMILES string of the molecule is C/C=C/CN1CC2CC1(CO)C2. The smallest absolute Gasteiger partial charge is 0.0615 e. The minimum Gasteiger partial charge on any atom is -0.394 e. The number of allylic oxidation sites excluding steroid dienone is 1. The first-order chi connectivity index (χ1) is 5.80. The molecule has 1 saturated carbocycles. The Balaban J connectivity index is 1.98. The van der Waals surface area contributed by atoms with Crippen molar-refractivity contribution < 1.29 is 5.11 Å². The van der Waals surface area contributed by atoms with E-state index in [2.05, 4.69) is 17.1 Å². The van der Waals surface area contributed by atoms with Gasteiger partial charge in [-0.25, -0.2) is 0 Å². The van der Waals surface area contributed by atoms with Gasteiger partial charge in [0.2, 0.25) is 0 Å². The molecule has 0 aromatic rings. The highest BCUT2D eigenvalue weighted by Crippen LogP contribution is 2.49. The lowest BCUT2D eigenvalue weighted by atomic mass is 9.74. The van der Waals surface area contributed by atoms with Crippen LogP contribution in [0.4, 0.5) is 0 Å². The van der Waals surface area contributed by atoms with Gasteiger partial charge < -0.3 is 5.11 Å². The summed E-state index contributed by atoms with van der Waals surface area (Å²) in [4.78, 5) is 2.43. The number of aliphatic hydroxyl groups is 1. The Labute approximate surface area is 73.9 Å². The Kier molecular flexibility index (Phi) is 1.97. The van der Waals surface area contributed by atoms with Crippen molar-refractivity contribution in [3.05, 3.63) is 12.2 Å². The molecule has 2 heteroatoms. The number of aliphatic hydroxyl groups excluding tert-OH is 1. The summed E-state index contributed by atoms with van der Waals surface area (Å²) in [7, 11) is 0. The van der Waals surface area contributed by atoms with E-state index in [1.165, 1.54) is 19.4 Å². The molecular formula is C10H17NO. The standard InChI is InChI=1S/C10H17NO/c1-2-3-4-11-7-9-5-10(11,6-9)8-12/h2-3,9,12H,4-8H2,1H3/b3-2+. The van der Waals surface area contributed by atoms with E-state index in [1.54, 1.807) is 0 Å². The van der Waals surface area contributed by atoms with Crippen LogP contribution < -0.4 is 0 Å². The molecule has 0 unspecified atom stereocenters. The van der Waals surface area contributed by atoms with Gasteiger partial charge in [-0.2, -0.15) is 0 Å². The van der Waals surface area contributed by atoms with Gasteiger partial charge in [-0.3, -0.25) is 4.90 Å². The van der Waals surface area contributed by atoms with Crippen molar-refractivity contribution in [2.24, 2.45) is 5.92 Å². The minimum absolute atomic E-state index is 0.185.